The van der Waals surface area contributed by atoms with Gasteiger partial charge in [-0.3, -0.25) is 0 Å². The molecule has 1 aliphatic rings. The molecule has 0 saturated carbocycles. The van der Waals surface area contributed by atoms with Crippen molar-refractivity contribution < 1.29 is 4.79 Å². The van der Waals surface area contributed by atoms with Gasteiger partial charge < -0.3 is 15.5 Å². The molecule has 2 N–H and O–H groups in total. The number of carbonyl (C=O) groups excluding carboxylic acids is 1. The summed E-state index contributed by atoms with van der Waals surface area (Å²) in [5.41, 5.74) is 0. The summed E-state index contributed by atoms with van der Waals surface area (Å²) in [6, 6.07) is 0.581. The van der Waals surface area contributed by atoms with Gasteiger partial charge in [0, 0.05) is 19.6 Å². The summed E-state index contributed by atoms with van der Waals surface area (Å²) in [5.74, 6) is 0. The highest BCUT2D eigenvalue weighted by atomic mass is 16.2. The van der Waals surface area contributed by atoms with Crippen molar-refractivity contribution in [3.63, 3.8) is 0 Å². The third-order valence-electron chi connectivity index (χ3n) is 2.66. The molecule has 1 rings (SSSR count). The minimum atomic E-state index is -0.0827. The van der Waals surface area contributed by atoms with Gasteiger partial charge >= 0.3 is 6.03 Å². The predicted octanol–water partition coefficient (Wildman–Crippen LogP) is 0.400. The molecule has 76 valence electrons. The molecule has 13 heavy (non-hydrogen) atoms. The molecular formula is C9H19N3O. The highest BCUT2D eigenvalue weighted by Gasteiger charge is 2.19. The molecule has 0 radical (unpaired) electrons. The van der Waals surface area contributed by atoms with Gasteiger partial charge in [0.1, 0.15) is 0 Å². The molecule has 4 nitrogen and oxygen atoms in total. The Labute approximate surface area is 79.7 Å². The Morgan fingerprint density at radius 1 is 1.62 bits per heavy atom. The van der Waals surface area contributed by atoms with Crippen LogP contribution in [-0.4, -0.2) is 44.2 Å². The maximum Gasteiger partial charge on any atom is 0.314 e. The molecule has 1 atom stereocenters. The van der Waals surface area contributed by atoms with Crippen LogP contribution in [0.25, 0.3) is 0 Å². The van der Waals surface area contributed by atoms with E-state index >= 15 is 0 Å². The summed E-state index contributed by atoms with van der Waals surface area (Å²) in [6.07, 6.45) is 3.62. The molecular weight excluding hydrogens is 166 g/mol. The zero-order valence-electron chi connectivity index (χ0n) is 8.47. The molecule has 0 unspecified atom stereocenters. The fraction of sp³-hybridized carbons (Fsp3) is 0.889. The lowest BCUT2D eigenvalue weighted by Gasteiger charge is -2.19. The Kier molecular flexibility index (Phi) is 4.02. The summed E-state index contributed by atoms with van der Waals surface area (Å²) < 4.78 is 0. The minimum absolute atomic E-state index is 0.0827. The fourth-order valence-corrected chi connectivity index (χ4v) is 1.78. The summed E-state index contributed by atoms with van der Waals surface area (Å²) in [6.45, 7) is 1.97. The second kappa shape index (κ2) is 5.07. The van der Waals surface area contributed by atoms with E-state index in [9.17, 15) is 4.79 Å². The molecule has 1 aliphatic heterocycles. The zero-order valence-corrected chi connectivity index (χ0v) is 8.47. The van der Waals surface area contributed by atoms with E-state index in [1.54, 1.807) is 7.05 Å². The van der Waals surface area contributed by atoms with Gasteiger partial charge in [0.05, 0.1) is 0 Å². The molecule has 2 amide bonds. The van der Waals surface area contributed by atoms with Crippen molar-refractivity contribution in [1.82, 2.24) is 15.5 Å². The van der Waals surface area contributed by atoms with Gasteiger partial charge in [0.15, 0.2) is 0 Å². The van der Waals surface area contributed by atoms with Crippen molar-refractivity contribution in [3.8, 4) is 0 Å². The van der Waals surface area contributed by atoms with Crippen LogP contribution in [-0.2, 0) is 0 Å². The summed E-state index contributed by atoms with van der Waals surface area (Å²) in [5, 5.41) is 5.34. The highest BCUT2D eigenvalue weighted by molar-refractivity contribution is 5.73. The molecule has 0 bridgehead atoms. The average Bonchev–Trinajstić information content (AvgIpc) is 2.52. The molecule has 1 saturated heterocycles. The number of likely N-dealkylation sites (tertiary alicyclic amines) is 1. The first-order chi connectivity index (χ1) is 6.24. The van der Waals surface area contributed by atoms with E-state index in [-0.39, 0.29) is 6.03 Å². The van der Waals surface area contributed by atoms with Crippen LogP contribution < -0.4 is 10.6 Å². The van der Waals surface area contributed by atoms with Crippen LogP contribution in [0.2, 0.25) is 0 Å². The molecule has 0 aromatic rings. The molecule has 0 aromatic heterocycles. The number of hydrogen-bond acceptors (Lipinski definition) is 2. The van der Waals surface area contributed by atoms with Gasteiger partial charge in [0.2, 0.25) is 0 Å². The Bertz CT molecular complexity index is 172. The summed E-state index contributed by atoms with van der Waals surface area (Å²) in [4.78, 5) is 13.2. The Morgan fingerprint density at radius 3 is 2.92 bits per heavy atom. The van der Waals surface area contributed by atoms with Crippen LogP contribution in [0.1, 0.15) is 19.3 Å². The van der Waals surface area contributed by atoms with Gasteiger partial charge in [-0.15, -0.1) is 0 Å². The lowest BCUT2D eigenvalue weighted by Crippen LogP contribution is -2.36. The van der Waals surface area contributed by atoms with Crippen LogP contribution in [0.15, 0.2) is 0 Å². The monoisotopic (exact) mass is 185 g/mol. The van der Waals surface area contributed by atoms with Crippen LogP contribution in [0.5, 0.6) is 0 Å². The molecule has 0 spiro atoms. The van der Waals surface area contributed by atoms with Crippen molar-refractivity contribution in [3.05, 3.63) is 0 Å². The maximum atomic E-state index is 10.8. The second-order valence-corrected chi connectivity index (χ2v) is 3.57. The first-order valence-corrected chi connectivity index (χ1v) is 4.90. The van der Waals surface area contributed by atoms with E-state index in [0.717, 1.165) is 13.0 Å². The molecule has 0 aromatic carbocycles. The Morgan fingerprint density at radius 2 is 2.38 bits per heavy atom. The third-order valence-corrected chi connectivity index (χ3v) is 2.66. The van der Waals surface area contributed by atoms with Gasteiger partial charge in [-0.25, -0.2) is 4.79 Å². The van der Waals surface area contributed by atoms with Crippen LogP contribution in [0.4, 0.5) is 4.79 Å². The van der Waals surface area contributed by atoms with Crippen LogP contribution in [0.3, 0.4) is 0 Å². The standard InChI is InChI=1S/C9H19N3O/c1-10-9(13)11-6-5-8-4-3-7-12(8)2/h8H,3-7H2,1-2H3,(H2,10,11,13)/t8-/m0/s1. The van der Waals surface area contributed by atoms with E-state index in [2.05, 4.69) is 22.6 Å². The number of amides is 2. The maximum absolute atomic E-state index is 10.8. The normalized spacial score (nSPS) is 23.1. The van der Waals surface area contributed by atoms with E-state index in [1.165, 1.54) is 19.4 Å². The van der Waals surface area contributed by atoms with E-state index in [4.69, 9.17) is 0 Å². The molecule has 0 aliphatic carbocycles. The van der Waals surface area contributed by atoms with Gasteiger partial charge in [0.25, 0.3) is 0 Å². The first-order valence-electron chi connectivity index (χ1n) is 4.90. The Balaban J connectivity index is 2.08. The number of carbonyl (C=O) groups is 1. The van der Waals surface area contributed by atoms with Crippen molar-refractivity contribution in [2.45, 2.75) is 25.3 Å². The molecule has 1 heterocycles. The fourth-order valence-electron chi connectivity index (χ4n) is 1.78. The summed E-state index contributed by atoms with van der Waals surface area (Å²) >= 11 is 0. The largest absolute Gasteiger partial charge is 0.341 e. The average molecular weight is 185 g/mol. The molecule has 4 heteroatoms. The zero-order chi connectivity index (χ0) is 9.68. The SMILES string of the molecule is CNC(=O)NCC[C@@H]1CCCN1C. The van der Waals surface area contributed by atoms with E-state index < -0.39 is 0 Å². The van der Waals surface area contributed by atoms with Gasteiger partial charge in [-0.1, -0.05) is 0 Å². The minimum Gasteiger partial charge on any atom is -0.341 e. The van der Waals surface area contributed by atoms with Crippen LogP contribution >= 0.6 is 0 Å². The van der Waals surface area contributed by atoms with Crippen molar-refractivity contribution in [2.75, 3.05) is 27.2 Å². The van der Waals surface area contributed by atoms with E-state index in [1.807, 2.05) is 0 Å². The van der Waals surface area contributed by atoms with E-state index in [0.29, 0.717) is 6.04 Å². The highest BCUT2D eigenvalue weighted by Crippen LogP contribution is 2.16. The topological polar surface area (TPSA) is 44.4 Å². The van der Waals surface area contributed by atoms with Crippen molar-refractivity contribution in [1.29, 1.82) is 0 Å². The third kappa shape index (κ3) is 3.22. The number of rotatable bonds is 3. The number of nitrogens with zero attached hydrogens (tertiary/aromatic N) is 1. The van der Waals surface area contributed by atoms with Gasteiger partial charge in [-0.2, -0.15) is 0 Å². The quantitative estimate of drug-likeness (QED) is 0.668. The smallest absolute Gasteiger partial charge is 0.314 e. The van der Waals surface area contributed by atoms with Crippen molar-refractivity contribution in [2.24, 2.45) is 0 Å². The van der Waals surface area contributed by atoms with Gasteiger partial charge in [-0.05, 0) is 32.9 Å². The number of hydrogen-bond donors (Lipinski definition) is 2. The molecule has 1 fully saturated rings. The second-order valence-electron chi connectivity index (χ2n) is 3.57. The summed E-state index contributed by atoms with van der Waals surface area (Å²) in [7, 11) is 3.79. The lowest BCUT2D eigenvalue weighted by atomic mass is 10.1. The number of urea groups is 1. The number of nitrogens with one attached hydrogen (secondary N) is 2. The lowest BCUT2D eigenvalue weighted by molar-refractivity contribution is 0.240. The first kappa shape index (κ1) is 10.3. The van der Waals surface area contributed by atoms with Crippen molar-refractivity contribution >= 4 is 6.03 Å². The van der Waals surface area contributed by atoms with Crippen LogP contribution in [0, 0.1) is 0 Å². The Hall–Kier alpha value is -0.770. The predicted molar refractivity (Wildman–Crippen MR) is 52.7 cm³/mol.